The minimum absolute atomic E-state index is 0.203. The monoisotopic (exact) mass is 267 g/mol. The van der Waals surface area contributed by atoms with Crippen molar-refractivity contribution in [3.63, 3.8) is 0 Å². The zero-order valence-electron chi connectivity index (χ0n) is 11.1. The molecule has 0 saturated carbocycles. The topological polar surface area (TPSA) is 51.4 Å². The predicted molar refractivity (Wildman–Crippen MR) is 74.2 cm³/mol. The molecule has 1 aromatic heterocycles. The van der Waals surface area contributed by atoms with Gasteiger partial charge in [-0.1, -0.05) is 11.3 Å². The molecule has 3 atom stereocenters. The standard InChI is InChI=1S/C13H21N3OS/c1-8-7-17-9(2)6-16(8)13-15-11-5-3-4-10(14)12(11)18-13/h8-10H,3-7,14H2,1-2H3. The maximum absolute atomic E-state index is 6.18. The van der Waals surface area contributed by atoms with Crippen LogP contribution in [0.15, 0.2) is 0 Å². The molecule has 0 aromatic carbocycles. The molecule has 4 nitrogen and oxygen atoms in total. The number of thiazole rings is 1. The molecular weight excluding hydrogens is 246 g/mol. The zero-order valence-corrected chi connectivity index (χ0v) is 11.9. The first-order valence-electron chi connectivity index (χ1n) is 6.78. The third-order valence-corrected chi connectivity index (χ3v) is 5.10. The van der Waals surface area contributed by atoms with Gasteiger partial charge in [0.15, 0.2) is 5.13 Å². The van der Waals surface area contributed by atoms with Crippen molar-refractivity contribution in [2.24, 2.45) is 5.73 Å². The second kappa shape index (κ2) is 4.79. The van der Waals surface area contributed by atoms with Gasteiger partial charge >= 0.3 is 0 Å². The molecule has 1 aromatic rings. The summed E-state index contributed by atoms with van der Waals surface area (Å²) in [5.74, 6) is 0. The number of morpholine rings is 1. The molecule has 0 spiro atoms. The van der Waals surface area contributed by atoms with E-state index in [1.807, 2.05) is 0 Å². The van der Waals surface area contributed by atoms with Gasteiger partial charge in [0.1, 0.15) is 0 Å². The third-order valence-electron chi connectivity index (χ3n) is 3.84. The van der Waals surface area contributed by atoms with Crippen LogP contribution in [0.3, 0.4) is 0 Å². The second-order valence-corrected chi connectivity index (χ2v) is 6.46. The largest absolute Gasteiger partial charge is 0.375 e. The van der Waals surface area contributed by atoms with Crippen LogP contribution in [-0.4, -0.2) is 30.3 Å². The summed E-state index contributed by atoms with van der Waals surface area (Å²) < 4.78 is 5.68. The molecule has 100 valence electrons. The highest BCUT2D eigenvalue weighted by Gasteiger charge is 2.29. The molecule has 0 radical (unpaired) electrons. The van der Waals surface area contributed by atoms with Gasteiger partial charge in [0.2, 0.25) is 0 Å². The summed E-state index contributed by atoms with van der Waals surface area (Å²) in [5, 5.41) is 1.14. The molecule has 3 unspecified atom stereocenters. The Morgan fingerprint density at radius 2 is 2.28 bits per heavy atom. The van der Waals surface area contributed by atoms with Gasteiger partial charge in [-0.15, -0.1) is 0 Å². The minimum Gasteiger partial charge on any atom is -0.375 e. The molecular formula is C13H21N3OS. The minimum atomic E-state index is 0.203. The van der Waals surface area contributed by atoms with E-state index in [4.69, 9.17) is 15.5 Å². The van der Waals surface area contributed by atoms with E-state index in [0.717, 1.165) is 31.1 Å². The average molecular weight is 267 g/mol. The summed E-state index contributed by atoms with van der Waals surface area (Å²) in [6, 6.07) is 0.610. The Morgan fingerprint density at radius 3 is 3.06 bits per heavy atom. The van der Waals surface area contributed by atoms with Crippen molar-refractivity contribution in [3.8, 4) is 0 Å². The van der Waals surface area contributed by atoms with Crippen LogP contribution >= 0.6 is 11.3 Å². The Kier molecular flexibility index (Phi) is 3.30. The van der Waals surface area contributed by atoms with E-state index < -0.39 is 0 Å². The van der Waals surface area contributed by atoms with Gasteiger partial charge in [0, 0.05) is 17.5 Å². The van der Waals surface area contributed by atoms with Crippen molar-refractivity contribution in [3.05, 3.63) is 10.6 Å². The number of fused-ring (bicyclic) bond motifs is 1. The summed E-state index contributed by atoms with van der Waals surface area (Å²) in [6.45, 7) is 6.05. The molecule has 1 aliphatic carbocycles. The van der Waals surface area contributed by atoms with E-state index >= 15 is 0 Å². The number of anilines is 1. The van der Waals surface area contributed by atoms with E-state index in [-0.39, 0.29) is 12.1 Å². The predicted octanol–water partition coefficient (Wildman–Crippen LogP) is 2.09. The van der Waals surface area contributed by atoms with Crippen LogP contribution < -0.4 is 10.6 Å². The van der Waals surface area contributed by atoms with Crippen LogP contribution in [0.4, 0.5) is 5.13 Å². The summed E-state index contributed by atoms with van der Waals surface area (Å²) in [4.78, 5) is 8.51. The van der Waals surface area contributed by atoms with Crippen molar-refractivity contribution in [1.82, 2.24) is 4.98 Å². The summed E-state index contributed by atoms with van der Waals surface area (Å²) in [7, 11) is 0. The molecule has 2 N–H and O–H groups in total. The van der Waals surface area contributed by atoms with Crippen LogP contribution in [0.2, 0.25) is 0 Å². The van der Waals surface area contributed by atoms with Crippen molar-refractivity contribution >= 4 is 16.5 Å². The van der Waals surface area contributed by atoms with Crippen molar-refractivity contribution in [1.29, 1.82) is 0 Å². The lowest BCUT2D eigenvalue weighted by molar-refractivity contribution is 0.0343. The van der Waals surface area contributed by atoms with Gasteiger partial charge in [-0.2, -0.15) is 0 Å². The molecule has 1 aliphatic heterocycles. The summed E-state index contributed by atoms with van der Waals surface area (Å²) in [5.41, 5.74) is 7.41. The molecule has 0 bridgehead atoms. The van der Waals surface area contributed by atoms with Crippen molar-refractivity contribution < 1.29 is 4.74 Å². The van der Waals surface area contributed by atoms with Crippen molar-refractivity contribution in [2.45, 2.75) is 51.3 Å². The Morgan fingerprint density at radius 1 is 1.44 bits per heavy atom. The SMILES string of the molecule is CC1CN(c2nc3c(s2)C(N)CCC3)C(C)CO1. The lowest BCUT2D eigenvalue weighted by Crippen LogP contribution is -2.47. The third kappa shape index (κ3) is 2.15. The van der Waals surface area contributed by atoms with Crippen LogP contribution in [0.5, 0.6) is 0 Å². The Bertz CT molecular complexity index is 434. The lowest BCUT2D eigenvalue weighted by atomic mass is 9.99. The number of nitrogens with two attached hydrogens (primary N) is 1. The molecule has 2 aliphatic rings. The van der Waals surface area contributed by atoms with Gasteiger partial charge in [0.05, 0.1) is 24.4 Å². The van der Waals surface area contributed by atoms with Gasteiger partial charge in [0.25, 0.3) is 0 Å². The Balaban J connectivity index is 1.87. The van der Waals surface area contributed by atoms with Gasteiger partial charge in [-0.3, -0.25) is 0 Å². The highest BCUT2D eigenvalue weighted by atomic mass is 32.1. The number of hydrogen-bond acceptors (Lipinski definition) is 5. The molecule has 2 heterocycles. The second-order valence-electron chi connectivity index (χ2n) is 5.45. The normalized spacial score (nSPS) is 32.4. The molecule has 3 rings (SSSR count). The van der Waals surface area contributed by atoms with E-state index in [2.05, 4.69) is 18.7 Å². The van der Waals surface area contributed by atoms with E-state index in [1.165, 1.54) is 17.0 Å². The fraction of sp³-hybridized carbons (Fsp3) is 0.769. The molecule has 5 heteroatoms. The van der Waals surface area contributed by atoms with E-state index in [0.29, 0.717) is 6.04 Å². The zero-order chi connectivity index (χ0) is 12.7. The number of nitrogens with zero attached hydrogens (tertiary/aromatic N) is 2. The van der Waals surface area contributed by atoms with E-state index in [1.54, 1.807) is 11.3 Å². The average Bonchev–Trinajstić information content (AvgIpc) is 2.77. The number of hydrogen-bond donors (Lipinski definition) is 1. The molecule has 1 saturated heterocycles. The highest BCUT2D eigenvalue weighted by Crippen LogP contribution is 2.37. The van der Waals surface area contributed by atoms with Crippen LogP contribution in [-0.2, 0) is 11.2 Å². The fourth-order valence-electron chi connectivity index (χ4n) is 2.73. The molecule has 0 amide bonds. The van der Waals surface area contributed by atoms with Gasteiger partial charge < -0.3 is 15.4 Å². The summed E-state index contributed by atoms with van der Waals surface area (Å²) in [6.07, 6.45) is 3.65. The molecule has 1 fully saturated rings. The van der Waals surface area contributed by atoms with Gasteiger partial charge in [-0.25, -0.2) is 4.98 Å². The number of ether oxygens (including phenoxy) is 1. The maximum atomic E-state index is 6.18. The Labute approximate surface area is 112 Å². The van der Waals surface area contributed by atoms with Crippen LogP contribution in [0, 0.1) is 0 Å². The Hall–Kier alpha value is -0.650. The van der Waals surface area contributed by atoms with E-state index in [9.17, 15) is 0 Å². The van der Waals surface area contributed by atoms with Crippen LogP contribution in [0.1, 0.15) is 43.3 Å². The number of aryl methyl sites for hydroxylation is 1. The fourth-order valence-corrected chi connectivity index (χ4v) is 3.99. The lowest BCUT2D eigenvalue weighted by Gasteiger charge is -2.36. The number of rotatable bonds is 1. The smallest absolute Gasteiger partial charge is 0.186 e. The first-order valence-corrected chi connectivity index (χ1v) is 7.60. The van der Waals surface area contributed by atoms with Crippen molar-refractivity contribution in [2.75, 3.05) is 18.1 Å². The first-order chi connectivity index (χ1) is 8.65. The molecule has 18 heavy (non-hydrogen) atoms. The highest BCUT2D eigenvalue weighted by molar-refractivity contribution is 7.15. The summed E-state index contributed by atoms with van der Waals surface area (Å²) >= 11 is 1.79. The van der Waals surface area contributed by atoms with Gasteiger partial charge in [-0.05, 0) is 33.1 Å². The first kappa shape index (κ1) is 12.4. The number of aromatic nitrogens is 1. The quantitative estimate of drug-likeness (QED) is 0.846. The van der Waals surface area contributed by atoms with Crippen LogP contribution in [0.25, 0.3) is 0 Å². The maximum Gasteiger partial charge on any atom is 0.186 e.